The zero-order valence-corrected chi connectivity index (χ0v) is 10.2. The molecule has 0 aromatic carbocycles. The minimum atomic E-state index is 0.321. The van der Waals surface area contributed by atoms with Crippen molar-refractivity contribution < 1.29 is 4.74 Å². The molecule has 0 aliphatic heterocycles. The van der Waals surface area contributed by atoms with Crippen molar-refractivity contribution in [3.8, 4) is 6.01 Å². The van der Waals surface area contributed by atoms with Gasteiger partial charge in [0, 0.05) is 13.1 Å². The average Bonchev–Trinajstić information content (AvgIpc) is 2.29. The molecule has 0 spiro atoms. The van der Waals surface area contributed by atoms with E-state index in [1.54, 1.807) is 7.05 Å². The van der Waals surface area contributed by atoms with Crippen molar-refractivity contribution in [2.24, 2.45) is 0 Å². The fraction of sp³-hybridized carbons (Fsp3) is 0.700. The van der Waals surface area contributed by atoms with Crippen molar-refractivity contribution in [3.63, 3.8) is 0 Å². The first kappa shape index (κ1) is 12.5. The number of rotatable bonds is 6. The molecule has 0 bridgehead atoms. The minimum absolute atomic E-state index is 0.321. The maximum absolute atomic E-state index is 5.26. The maximum Gasteiger partial charge on any atom is 0.323 e. The van der Waals surface area contributed by atoms with Gasteiger partial charge < -0.3 is 15.4 Å². The van der Waals surface area contributed by atoms with Crippen LogP contribution in [0.2, 0.25) is 0 Å². The maximum atomic E-state index is 5.26. The molecule has 0 saturated carbocycles. The molecule has 16 heavy (non-hydrogen) atoms. The van der Waals surface area contributed by atoms with Gasteiger partial charge in [-0.25, -0.2) is 0 Å². The Labute approximate surface area is 95.9 Å². The second-order valence-electron chi connectivity index (χ2n) is 3.40. The third kappa shape index (κ3) is 3.52. The van der Waals surface area contributed by atoms with Crippen LogP contribution >= 0.6 is 0 Å². The van der Waals surface area contributed by atoms with E-state index >= 15 is 0 Å². The predicted octanol–water partition coefficient (Wildman–Crippen LogP) is 1.52. The number of aromatic nitrogens is 3. The van der Waals surface area contributed by atoms with Crippen molar-refractivity contribution in [3.05, 3.63) is 0 Å². The van der Waals surface area contributed by atoms with E-state index in [4.69, 9.17) is 4.74 Å². The van der Waals surface area contributed by atoms with Gasteiger partial charge in [-0.2, -0.15) is 15.0 Å². The molecule has 1 aromatic heterocycles. The van der Waals surface area contributed by atoms with E-state index in [-0.39, 0.29) is 0 Å². The Morgan fingerprint density at radius 2 is 1.88 bits per heavy atom. The van der Waals surface area contributed by atoms with Gasteiger partial charge in [-0.05, 0) is 20.3 Å². The van der Waals surface area contributed by atoms with Gasteiger partial charge in [0.05, 0.1) is 6.61 Å². The molecule has 1 rings (SSSR count). The molecule has 1 atom stereocenters. The fourth-order valence-corrected chi connectivity index (χ4v) is 1.05. The second kappa shape index (κ2) is 6.09. The third-order valence-electron chi connectivity index (χ3n) is 2.10. The van der Waals surface area contributed by atoms with Crippen LogP contribution in [0.1, 0.15) is 27.2 Å². The van der Waals surface area contributed by atoms with Crippen LogP contribution in [0, 0.1) is 0 Å². The minimum Gasteiger partial charge on any atom is -0.464 e. The molecule has 6 nitrogen and oxygen atoms in total. The molecule has 0 radical (unpaired) electrons. The summed E-state index contributed by atoms with van der Waals surface area (Å²) in [6, 6.07) is 0.661. The van der Waals surface area contributed by atoms with Gasteiger partial charge in [-0.1, -0.05) is 6.92 Å². The van der Waals surface area contributed by atoms with Crippen molar-refractivity contribution in [2.75, 3.05) is 24.3 Å². The smallest absolute Gasteiger partial charge is 0.323 e. The Morgan fingerprint density at radius 1 is 1.19 bits per heavy atom. The fourth-order valence-electron chi connectivity index (χ4n) is 1.05. The molecule has 0 aliphatic carbocycles. The van der Waals surface area contributed by atoms with E-state index < -0.39 is 0 Å². The standard InChI is InChI=1S/C10H19N5O/c1-5-7(3)12-9-13-8(11-4)14-10(15-9)16-6-2/h7H,5-6H2,1-4H3,(H2,11,12,13,14,15). The summed E-state index contributed by atoms with van der Waals surface area (Å²) >= 11 is 0. The molecule has 1 heterocycles. The lowest BCUT2D eigenvalue weighted by molar-refractivity contribution is 0.312. The van der Waals surface area contributed by atoms with Crippen LogP contribution in [0.25, 0.3) is 0 Å². The van der Waals surface area contributed by atoms with Gasteiger partial charge in [0.25, 0.3) is 0 Å². The Morgan fingerprint density at radius 3 is 2.44 bits per heavy atom. The average molecular weight is 225 g/mol. The molecule has 0 fully saturated rings. The van der Waals surface area contributed by atoms with Crippen LogP contribution in [0.4, 0.5) is 11.9 Å². The lowest BCUT2D eigenvalue weighted by Gasteiger charge is -2.12. The first-order valence-corrected chi connectivity index (χ1v) is 5.52. The molecule has 6 heteroatoms. The molecule has 1 unspecified atom stereocenters. The summed E-state index contributed by atoms with van der Waals surface area (Å²) in [5, 5.41) is 6.06. The molecule has 2 N–H and O–H groups in total. The van der Waals surface area contributed by atoms with E-state index in [2.05, 4.69) is 39.4 Å². The van der Waals surface area contributed by atoms with Gasteiger partial charge in [0.2, 0.25) is 11.9 Å². The molecule has 90 valence electrons. The number of hydrogen-bond donors (Lipinski definition) is 2. The van der Waals surface area contributed by atoms with Gasteiger partial charge >= 0.3 is 6.01 Å². The van der Waals surface area contributed by atoms with Crippen molar-refractivity contribution in [1.82, 2.24) is 15.0 Å². The first-order chi connectivity index (χ1) is 7.69. The number of ether oxygens (including phenoxy) is 1. The van der Waals surface area contributed by atoms with E-state index in [0.29, 0.717) is 30.6 Å². The second-order valence-corrected chi connectivity index (χ2v) is 3.40. The lowest BCUT2D eigenvalue weighted by Crippen LogP contribution is -2.17. The summed E-state index contributed by atoms with van der Waals surface area (Å²) in [5.41, 5.74) is 0. The largest absolute Gasteiger partial charge is 0.464 e. The van der Waals surface area contributed by atoms with E-state index in [9.17, 15) is 0 Å². The zero-order valence-electron chi connectivity index (χ0n) is 10.2. The zero-order chi connectivity index (χ0) is 12.0. The topological polar surface area (TPSA) is 72.0 Å². The van der Waals surface area contributed by atoms with Gasteiger partial charge in [0.1, 0.15) is 0 Å². The Bertz CT molecular complexity index is 331. The van der Waals surface area contributed by atoms with Crippen LogP contribution in [-0.4, -0.2) is 34.6 Å². The monoisotopic (exact) mass is 225 g/mol. The third-order valence-corrected chi connectivity index (χ3v) is 2.10. The molecular formula is C10H19N5O. The summed E-state index contributed by atoms with van der Waals surface area (Å²) in [5.74, 6) is 1.04. The number of anilines is 2. The summed E-state index contributed by atoms with van der Waals surface area (Å²) in [7, 11) is 1.76. The molecule has 0 aliphatic rings. The van der Waals surface area contributed by atoms with Crippen LogP contribution < -0.4 is 15.4 Å². The Hall–Kier alpha value is -1.59. The molecule has 0 amide bonds. The first-order valence-electron chi connectivity index (χ1n) is 5.52. The molecule has 0 saturated heterocycles. The highest BCUT2D eigenvalue weighted by molar-refractivity contribution is 5.35. The summed E-state index contributed by atoms with van der Waals surface area (Å²) in [6.45, 7) is 6.60. The Kier molecular flexibility index (Phi) is 4.75. The quantitative estimate of drug-likeness (QED) is 0.765. The summed E-state index contributed by atoms with van der Waals surface area (Å²) in [4.78, 5) is 12.4. The highest BCUT2D eigenvalue weighted by atomic mass is 16.5. The molecular weight excluding hydrogens is 206 g/mol. The highest BCUT2D eigenvalue weighted by Gasteiger charge is 2.07. The molecule has 1 aromatic rings. The van der Waals surface area contributed by atoms with E-state index in [0.717, 1.165) is 6.42 Å². The number of hydrogen-bond acceptors (Lipinski definition) is 6. The van der Waals surface area contributed by atoms with Crippen LogP contribution in [0.5, 0.6) is 6.01 Å². The van der Waals surface area contributed by atoms with Crippen LogP contribution in [-0.2, 0) is 0 Å². The highest BCUT2D eigenvalue weighted by Crippen LogP contribution is 2.11. The van der Waals surface area contributed by atoms with E-state index in [1.807, 2.05) is 6.92 Å². The van der Waals surface area contributed by atoms with Crippen LogP contribution in [0.3, 0.4) is 0 Å². The van der Waals surface area contributed by atoms with Crippen LogP contribution in [0.15, 0.2) is 0 Å². The van der Waals surface area contributed by atoms with Crippen molar-refractivity contribution in [2.45, 2.75) is 33.2 Å². The SMILES string of the molecule is CCOc1nc(NC)nc(NC(C)CC)n1. The van der Waals surface area contributed by atoms with Gasteiger partial charge in [-0.15, -0.1) is 0 Å². The van der Waals surface area contributed by atoms with Gasteiger partial charge in [-0.3, -0.25) is 0 Å². The Balaban J connectivity index is 2.85. The predicted molar refractivity (Wildman–Crippen MR) is 63.9 cm³/mol. The lowest BCUT2D eigenvalue weighted by atomic mass is 10.3. The van der Waals surface area contributed by atoms with Crippen molar-refractivity contribution in [1.29, 1.82) is 0 Å². The van der Waals surface area contributed by atoms with Gasteiger partial charge in [0.15, 0.2) is 0 Å². The van der Waals surface area contributed by atoms with E-state index in [1.165, 1.54) is 0 Å². The summed E-state index contributed by atoms with van der Waals surface area (Å²) < 4.78 is 5.26. The normalized spacial score (nSPS) is 12.0. The number of nitrogens with zero attached hydrogens (tertiary/aromatic N) is 3. The van der Waals surface area contributed by atoms with Crippen molar-refractivity contribution >= 4 is 11.9 Å². The number of nitrogens with one attached hydrogen (secondary N) is 2. The summed E-state index contributed by atoms with van der Waals surface area (Å²) in [6.07, 6.45) is 1.00.